The predicted molar refractivity (Wildman–Crippen MR) is 96.2 cm³/mol. The minimum atomic E-state index is -0.479. The minimum Gasteiger partial charge on any atom is -0.268 e. The van der Waals surface area contributed by atoms with Crippen molar-refractivity contribution in [3.05, 3.63) is 71.8 Å². The zero-order valence-electron chi connectivity index (χ0n) is 12.4. The van der Waals surface area contributed by atoms with Gasteiger partial charge in [-0.1, -0.05) is 6.07 Å². The lowest BCUT2D eigenvalue weighted by Crippen LogP contribution is -2.23. The van der Waals surface area contributed by atoms with Crippen LogP contribution in [-0.4, -0.2) is 14.5 Å². The van der Waals surface area contributed by atoms with E-state index in [0.717, 1.165) is 9.13 Å². The number of nitro benzene ring substituents is 1. The van der Waals surface area contributed by atoms with Crippen LogP contribution < -0.4 is 5.56 Å². The van der Waals surface area contributed by atoms with Crippen molar-refractivity contribution in [2.75, 3.05) is 0 Å². The van der Waals surface area contributed by atoms with Gasteiger partial charge in [0, 0.05) is 9.64 Å². The summed E-state index contributed by atoms with van der Waals surface area (Å²) in [5.41, 5.74) is 1.16. The van der Waals surface area contributed by atoms with Crippen molar-refractivity contribution in [1.82, 2.24) is 9.55 Å². The number of rotatable bonds is 2. The molecule has 0 aliphatic heterocycles. The Labute approximate surface area is 145 Å². The summed E-state index contributed by atoms with van der Waals surface area (Å²) in [6.45, 7) is 3.44. The Kier molecular flexibility index (Phi) is 3.88. The van der Waals surface area contributed by atoms with Gasteiger partial charge in [-0.2, -0.15) is 0 Å². The molecule has 0 saturated heterocycles. The molecule has 0 N–H and O–H groups in total. The summed E-state index contributed by atoms with van der Waals surface area (Å²) in [7, 11) is 0. The number of fused-ring (bicyclic) bond motifs is 1. The molecule has 0 atom stereocenters. The second-order valence-corrected chi connectivity index (χ2v) is 6.46. The van der Waals surface area contributed by atoms with E-state index in [4.69, 9.17) is 0 Å². The molecule has 1 aromatic heterocycles. The van der Waals surface area contributed by atoms with E-state index < -0.39 is 4.92 Å². The zero-order chi connectivity index (χ0) is 16.7. The van der Waals surface area contributed by atoms with Gasteiger partial charge in [-0.15, -0.1) is 0 Å². The zero-order valence-corrected chi connectivity index (χ0v) is 14.6. The van der Waals surface area contributed by atoms with Gasteiger partial charge in [0.1, 0.15) is 11.5 Å². The molecule has 0 amide bonds. The maximum Gasteiger partial charge on any atom is 0.293 e. The molecular formula is C16H12IN3O3. The lowest BCUT2D eigenvalue weighted by molar-refractivity contribution is -0.384. The number of aromatic nitrogens is 2. The van der Waals surface area contributed by atoms with E-state index in [1.807, 2.05) is 6.07 Å². The molecule has 23 heavy (non-hydrogen) atoms. The molecular weight excluding hydrogens is 409 g/mol. The van der Waals surface area contributed by atoms with Crippen LogP contribution in [0.4, 0.5) is 5.69 Å². The van der Waals surface area contributed by atoms with Gasteiger partial charge in [0.15, 0.2) is 0 Å². The number of aryl methyl sites for hydroxylation is 2. The summed E-state index contributed by atoms with van der Waals surface area (Å²) < 4.78 is 2.21. The molecule has 116 valence electrons. The van der Waals surface area contributed by atoms with Crippen LogP contribution in [-0.2, 0) is 0 Å². The summed E-state index contributed by atoms with van der Waals surface area (Å²) in [6.07, 6.45) is 0. The highest BCUT2D eigenvalue weighted by Crippen LogP contribution is 2.24. The van der Waals surface area contributed by atoms with E-state index >= 15 is 0 Å². The summed E-state index contributed by atoms with van der Waals surface area (Å²) in [5.74, 6) is 0.413. The van der Waals surface area contributed by atoms with Crippen LogP contribution in [0.25, 0.3) is 16.6 Å². The van der Waals surface area contributed by atoms with Gasteiger partial charge in [0.25, 0.3) is 11.2 Å². The number of hydrogen-bond acceptors (Lipinski definition) is 4. The van der Waals surface area contributed by atoms with E-state index in [2.05, 4.69) is 27.6 Å². The van der Waals surface area contributed by atoms with Crippen LogP contribution in [0.15, 0.2) is 41.2 Å². The molecule has 7 heteroatoms. The van der Waals surface area contributed by atoms with Crippen LogP contribution >= 0.6 is 22.6 Å². The lowest BCUT2D eigenvalue weighted by atomic mass is 10.1. The van der Waals surface area contributed by atoms with E-state index in [1.165, 1.54) is 10.6 Å². The van der Waals surface area contributed by atoms with Crippen LogP contribution in [0.2, 0.25) is 0 Å². The monoisotopic (exact) mass is 421 g/mol. The summed E-state index contributed by atoms with van der Waals surface area (Å²) in [5, 5.41) is 11.8. The molecule has 3 aromatic rings. The quantitative estimate of drug-likeness (QED) is 0.361. The fourth-order valence-corrected chi connectivity index (χ4v) is 3.01. The Hall–Kier alpha value is -2.29. The second kappa shape index (κ2) is 5.73. The summed E-state index contributed by atoms with van der Waals surface area (Å²) in [4.78, 5) is 28.1. The number of benzene rings is 2. The third-order valence-electron chi connectivity index (χ3n) is 3.57. The van der Waals surface area contributed by atoms with Crippen LogP contribution in [0.1, 0.15) is 11.4 Å². The second-order valence-electron chi connectivity index (χ2n) is 5.21. The average molecular weight is 421 g/mol. The SMILES string of the molecule is Cc1ccc(-n2c(C)nc3ccc(I)cc3c2=O)c([N+](=O)[O-])c1. The first-order chi connectivity index (χ1) is 10.9. The number of halogens is 1. The normalized spacial score (nSPS) is 10.9. The van der Waals surface area contributed by atoms with Gasteiger partial charge in [-0.25, -0.2) is 4.98 Å². The minimum absolute atomic E-state index is 0.109. The number of nitrogens with zero attached hydrogens (tertiary/aromatic N) is 3. The van der Waals surface area contributed by atoms with Gasteiger partial charge >= 0.3 is 0 Å². The highest BCUT2D eigenvalue weighted by Gasteiger charge is 2.19. The molecule has 2 aromatic carbocycles. The Balaban J connectivity index is 2.42. The van der Waals surface area contributed by atoms with Gasteiger partial charge in [-0.05, 0) is 66.3 Å². The van der Waals surface area contributed by atoms with Crippen LogP contribution in [0, 0.1) is 27.5 Å². The Bertz CT molecular complexity index is 1010. The largest absolute Gasteiger partial charge is 0.293 e. The molecule has 0 saturated carbocycles. The highest BCUT2D eigenvalue weighted by atomic mass is 127. The topological polar surface area (TPSA) is 78.0 Å². The fourth-order valence-electron chi connectivity index (χ4n) is 2.52. The third kappa shape index (κ3) is 2.72. The van der Waals surface area contributed by atoms with Crippen molar-refractivity contribution in [2.24, 2.45) is 0 Å². The van der Waals surface area contributed by atoms with Crippen molar-refractivity contribution in [3.63, 3.8) is 0 Å². The predicted octanol–water partition coefficient (Wildman–Crippen LogP) is 3.52. The first-order valence-electron chi connectivity index (χ1n) is 6.83. The molecule has 3 rings (SSSR count). The Morgan fingerprint density at radius 3 is 2.61 bits per heavy atom. The molecule has 0 fully saturated rings. The van der Waals surface area contributed by atoms with Gasteiger partial charge in [0.05, 0.1) is 15.8 Å². The molecule has 0 radical (unpaired) electrons. The standard InChI is InChI=1S/C16H12IN3O3/c1-9-3-6-14(15(7-9)20(22)23)19-10(2)18-13-5-4-11(17)8-12(13)16(19)21/h3-8H,1-2H3. The number of nitro groups is 1. The summed E-state index contributed by atoms with van der Waals surface area (Å²) >= 11 is 2.12. The molecule has 0 aliphatic carbocycles. The first-order valence-corrected chi connectivity index (χ1v) is 7.90. The Morgan fingerprint density at radius 1 is 1.17 bits per heavy atom. The average Bonchev–Trinajstić information content (AvgIpc) is 2.49. The first kappa shape index (κ1) is 15.6. The molecule has 1 heterocycles. The molecule has 0 unspecified atom stereocenters. The van der Waals surface area contributed by atoms with Crippen LogP contribution in [0.5, 0.6) is 0 Å². The Morgan fingerprint density at radius 2 is 1.91 bits per heavy atom. The van der Waals surface area contributed by atoms with E-state index in [0.29, 0.717) is 16.7 Å². The third-order valence-corrected chi connectivity index (χ3v) is 4.24. The van der Waals surface area contributed by atoms with Crippen molar-refractivity contribution in [2.45, 2.75) is 13.8 Å². The van der Waals surface area contributed by atoms with Gasteiger partial charge in [0.2, 0.25) is 0 Å². The highest BCUT2D eigenvalue weighted by molar-refractivity contribution is 14.1. The molecule has 6 nitrogen and oxygen atoms in total. The van der Waals surface area contributed by atoms with Crippen molar-refractivity contribution in [3.8, 4) is 5.69 Å². The van der Waals surface area contributed by atoms with Crippen molar-refractivity contribution < 1.29 is 4.92 Å². The van der Waals surface area contributed by atoms with E-state index in [-0.39, 0.29) is 16.9 Å². The van der Waals surface area contributed by atoms with Crippen molar-refractivity contribution >= 4 is 39.2 Å². The maximum atomic E-state index is 12.9. The number of hydrogen-bond donors (Lipinski definition) is 0. The molecule has 0 spiro atoms. The maximum absolute atomic E-state index is 12.9. The van der Waals surface area contributed by atoms with Gasteiger partial charge in [-0.3, -0.25) is 19.5 Å². The van der Waals surface area contributed by atoms with E-state index in [1.54, 1.807) is 38.1 Å². The van der Waals surface area contributed by atoms with Gasteiger partial charge < -0.3 is 0 Å². The fraction of sp³-hybridized carbons (Fsp3) is 0.125. The van der Waals surface area contributed by atoms with E-state index in [9.17, 15) is 14.9 Å². The van der Waals surface area contributed by atoms with Crippen molar-refractivity contribution in [1.29, 1.82) is 0 Å². The summed E-state index contributed by atoms with van der Waals surface area (Å²) in [6, 6.07) is 10.2. The lowest BCUT2D eigenvalue weighted by Gasteiger charge is -2.11. The smallest absolute Gasteiger partial charge is 0.268 e. The molecule has 0 bridgehead atoms. The van der Waals surface area contributed by atoms with Crippen LogP contribution in [0.3, 0.4) is 0 Å². The molecule has 0 aliphatic rings.